The van der Waals surface area contributed by atoms with Crippen LogP contribution in [0.1, 0.15) is 10.4 Å². The third-order valence-corrected chi connectivity index (χ3v) is 4.52. The first-order valence-corrected chi connectivity index (χ1v) is 8.42. The largest absolute Gasteiger partial charge is 0.383 e. The lowest BCUT2D eigenvalue weighted by atomic mass is 10.2. The van der Waals surface area contributed by atoms with Gasteiger partial charge in [-0.2, -0.15) is 0 Å². The van der Waals surface area contributed by atoms with Gasteiger partial charge >= 0.3 is 0 Å². The van der Waals surface area contributed by atoms with Crippen LogP contribution in [0.2, 0.25) is 0 Å². The molecule has 1 aromatic heterocycles. The van der Waals surface area contributed by atoms with Gasteiger partial charge in [0.15, 0.2) is 0 Å². The number of hydrogen-bond acceptors (Lipinski definition) is 3. The summed E-state index contributed by atoms with van der Waals surface area (Å²) in [6, 6.07) is 5.30. The number of halogens is 4. The smallest absolute Gasteiger partial charge is 0.259 e. The van der Waals surface area contributed by atoms with Crippen molar-refractivity contribution in [1.29, 1.82) is 0 Å². The molecule has 0 fully saturated rings. The Hall–Kier alpha value is -0.440. The number of rotatable bonds is 2. The molecule has 0 saturated carbocycles. The number of carbonyl (C=O) groups is 1. The summed E-state index contributed by atoms with van der Waals surface area (Å²) in [5.41, 5.74) is 6.65. The Kier molecular flexibility index (Phi) is 5.22. The van der Waals surface area contributed by atoms with E-state index in [2.05, 4.69) is 74.0 Å². The zero-order valence-corrected chi connectivity index (χ0v) is 16.1. The molecule has 0 radical (unpaired) electrons. The number of nitrogens with zero attached hydrogens (tertiary/aromatic N) is 1. The maximum absolute atomic E-state index is 12.3. The minimum Gasteiger partial charge on any atom is -0.383 e. The quantitative estimate of drug-likeness (QED) is 0.579. The Balaban J connectivity index is 2.35. The number of benzene rings is 1. The summed E-state index contributed by atoms with van der Waals surface area (Å²) < 4.78 is 3.06. The van der Waals surface area contributed by atoms with Crippen molar-refractivity contribution < 1.29 is 4.79 Å². The molecule has 8 heteroatoms. The number of aromatic nitrogens is 1. The normalized spacial score (nSPS) is 10.4. The average Bonchev–Trinajstić information content (AvgIpc) is 2.36. The van der Waals surface area contributed by atoms with Gasteiger partial charge in [-0.3, -0.25) is 4.79 Å². The molecule has 3 N–H and O–H groups in total. The maximum atomic E-state index is 12.3. The summed E-state index contributed by atoms with van der Waals surface area (Å²) in [7, 11) is 0. The van der Waals surface area contributed by atoms with Gasteiger partial charge in [0.25, 0.3) is 5.91 Å². The van der Waals surface area contributed by atoms with Crippen molar-refractivity contribution in [2.24, 2.45) is 0 Å². The number of pyridine rings is 1. The highest BCUT2D eigenvalue weighted by Crippen LogP contribution is 2.34. The highest BCUT2D eigenvalue weighted by Gasteiger charge is 2.15. The highest BCUT2D eigenvalue weighted by molar-refractivity contribution is 9.11. The summed E-state index contributed by atoms with van der Waals surface area (Å²) in [5, 5.41) is 2.80. The molecule has 0 unspecified atom stereocenters. The topological polar surface area (TPSA) is 68.0 Å². The van der Waals surface area contributed by atoms with E-state index in [0.717, 1.165) is 13.4 Å². The first-order valence-electron chi connectivity index (χ1n) is 5.25. The van der Waals surface area contributed by atoms with Crippen LogP contribution in [-0.2, 0) is 0 Å². The lowest BCUT2D eigenvalue weighted by Crippen LogP contribution is -2.15. The van der Waals surface area contributed by atoms with E-state index in [1.807, 2.05) is 12.1 Å². The molecule has 1 aromatic carbocycles. The van der Waals surface area contributed by atoms with Crippen LogP contribution in [0.5, 0.6) is 0 Å². The molecule has 0 aliphatic rings. The molecule has 0 atom stereocenters. The van der Waals surface area contributed by atoms with Gasteiger partial charge < -0.3 is 11.1 Å². The molecule has 104 valence electrons. The zero-order chi connectivity index (χ0) is 14.9. The number of hydrogen-bond donors (Lipinski definition) is 2. The molecule has 0 aliphatic carbocycles. The lowest BCUT2D eigenvalue weighted by molar-refractivity contribution is 0.102. The van der Waals surface area contributed by atoms with E-state index in [1.165, 1.54) is 6.20 Å². The van der Waals surface area contributed by atoms with Gasteiger partial charge in [-0.05, 0) is 66.0 Å². The number of nitrogen functional groups attached to an aromatic ring is 1. The van der Waals surface area contributed by atoms with Crippen LogP contribution in [-0.4, -0.2) is 10.9 Å². The van der Waals surface area contributed by atoms with E-state index in [1.54, 1.807) is 6.07 Å². The van der Waals surface area contributed by atoms with Crippen LogP contribution < -0.4 is 11.1 Å². The molecule has 1 heterocycles. The lowest BCUT2D eigenvalue weighted by Gasteiger charge is -2.11. The third kappa shape index (κ3) is 3.60. The van der Waals surface area contributed by atoms with E-state index in [4.69, 9.17) is 5.73 Å². The molecule has 0 spiro atoms. The van der Waals surface area contributed by atoms with E-state index >= 15 is 0 Å². The van der Waals surface area contributed by atoms with Gasteiger partial charge in [-0.1, -0.05) is 15.9 Å². The van der Waals surface area contributed by atoms with E-state index in [9.17, 15) is 4.79 Å². The zero-order valence-electron chi connectivity index (χ0n) is 9.75. The predicted molar refractivity (Wildman–Crippen MR) is 93.8 cm³/mol. The summed E-state index contributed by atoms with van der Waals surface area (Å²) in [4.78, 5) is 16.2. The van der Waals surface area contributed by atoms with Gasteiger partial charge in [0.05, 0.1) is 11.3 Å². The minimum atomic E-state index is -0.333. The van der Waals surface area contributed by atoms with Crippen LogP contribution in [0.3, 0.4) is 0 Å². The number of anilines is 2. The van der Waals surface area contributed by atoms with Gasteiger partial charge in [0, 0.05) is 24.1 Å². The molecule has 2 rings (SSSR count). The van der Waals surface area contributed by atoms with E-state index < -0.39 is 0 Å². The van der Waals surface area contributed by atoms with Crippen LogP contribution in [0.25, 0.3) is 0 Å². The fraction of sp³-hybridized carbons (Fsp3) is 0. The van der Waals surface area contributed by atoms with Crippen LogP contribution in [0, 0.1) is 0 Å². The van der Waals surface area contributed by atoms with Crippen molar-refractivity contribution in [3.63, 3.8) is 0 Å². The van der Waals surface area contributed by atoms with Crippen LogP contribution >= 0.6 is 63.7 Å². The van der Waals surface area contributed by atoms with E-state index in [-0.39, 0.29) is 11.7 Å². The fourth-order valence-corrected chi connectivity index (χ4v) is 4.26. The molecular formula is C12H7Br4N3O. The molecule has 20 heavy (non-hydrogen) atoms. The first-order chi connectivity index (χ1) is 9.38. The summed E-state index contributed by atoms with van der Waals surface area (Å²) in [6.45, 7) is 0. The van der Waals surface area contributed by atoms with Crippen molar-refractivity contribution in [1.82, 2.24) is 4.98 Å². The second-order valence-electron chi connectivity index (χ2n) is 3.78. The molecule has 0 aliphatic heterocycles. The Labute approximate surface area is 149 Å². The van der Waals surface area contributed by atoms with Crippen molar-refractivity contribution in [2.45, 2.75) is 0 Å². The Bertz CT molecular complexity index is 667. The van der Waals surface area contributed by atoms with Crippen LogP contribution in [0.4, 0.5) is 11.5 Å². The van der Waals surface area contributed by atoms with Crippen molar-refractivity contribution in [3.05, 3.63) is 47.9 Å². The van der Waals surface area contributed by atoms with Crippen molar-refractivity contribution >= 4 is 81.1 Å². The fourth-order valence-electron chi connectivity index (χ4n) is 1.47. The average molecular weight is 529 g/mol. The van der Waals surface area contributed by atoms with Gasteiger partial charge in [0.1, 0.15) is 5.82 Å². The second kappa shape index (κ2) is 6.55. The Morgan fingerprint density at radius 2 is 1.65 bits per heavy atom. The van der Waals surface area contributed by atoms with Crippen molar-refractivity contribution in [2.75, 3.05) is 11.1 Å². The minimum absolute atomic E-state index is 0.176. The number of amides is 1. The van der Waals surface area contributed by atoms with Crippen LogP contribution in [0.15, 0.2) is 42.3 Å². The number of nitrogens with one attached hydrogen (secondary N) is 1. The van der Waals surface area contributed by atoms with Gasteiger partial charge in [-0.15, -0.1) is 0 Å². The molecule has 2 aromatic rings. The van der Waals surface area contributed by atoms with Gasteiger partial charge in [0.2, 0.25) is 0 Å². The summed E-state index contributed by atoms with van der Waals surface area (Å²) >= 11 is 13.4. The van der Waals surface area contributed by atoms with Gasteiger partial charge in [-0.25, -0.2) is 4.98 Å². The third-order valence-electron chi connectivity index (χ3n) is 2.38. The molecule has 0 saturated heterocycles. The first kappa shape index (κ1) is 15.9. The number of carbonyl (C=O) groups excluding carboxylic acids is 1. The Morgan fingerprint density at radius 3 is 2.25 bits per heavy atom. The summed E-state index contributed by atoms with van der Waals surface area (Å²) in [5.74, 6) is -0.157. The second-order valence-corrected chi connectivity index (χ2v) is 7.32. The monoisotopic (exact) mass is 525 g/mol. The SMILES string of the molecule is Nc1ncc(Br)cc1C(=O)Nc1c(Br)cc(Br)cc1Br. The summed E-state index contributed by atoms with van der Waals surface area (Å²) in [6.07, 6.45) is 1.54. The molecule has 1 amide bonds. The standard InChI is InChI=1S/C12H7Br4N3O/c13-5-2-8(15)10(9(16)3-5)19-12(20)7-1-6(14)4-18-11(7)17/h1-4H,(H2,17,18)(H,19,20). The molecule has 0 bridgehead atoms. The predicted octanol–water partition coefficient (Wildman–Crippen LogP) is 4.97. The van der Waals surface area contributed by atoms with E-state index in [0.29, 0.717) is 15.7 Å². The molecule has 4 nitrogen and oxygen atoms in total. The Morgan fingerprint density at radius 1 is 1.05 bits per heavy atom. The maximum Gasteiger partial charge on any atom is 0.259 e. The van der Waals surface area contributed by atoms with Crippen molar-refractivity contribution in [3.8, 4) is 0 Å². The molecular weight excluding hydrogens is 522 g/mol. The number of nitrogens with two attached hydrogens (primary N) is 1. The highest BCUT2D eigenvalue weighted by atomic mass is 79.9.